The summed E-state index contributed by atoms with van der Waals surface area (Å²) >= 11 is 0. The molecule has 338 valence electrons. The van der Waals surface area contributed by atoms with E-state index in [1.807, 2.05) is 0 Å². The molecular weight excluding hydrogens is 813 g/mol. The molecule has 0 aliphatic heterocycles. The van der Waals surface area contributed by atoms with E-state index in [1.165, 1.54) is 48.5 Å². The smallest absolute Gasteiger partial charge is 0.343 e. The SMILES string of the molecule is C=CC(=O)OCCCCCCCCCCCOc1ccc(C(=O)Oc2c(F)c(F)c(OC(=O)c3ccc(OCCCCCCCCCCCOC(=O)C=C)cc3)c(F)c2F)cc1. The zero-order valence-electron chi connectivity index (χ0n) is 35.3. The Morgan fingerprint density at radius 2 is 0.661 bits per heavy atom. The first-order valence-electron chi connectivity index (χ1n) is 21.4. The molecule has 3 rings (SSSR count). The predicted molar refractivity (Wildman–Crippen MR) is 225 cm³/mol. The highest BCUT2D eigenvalue weighted by Gasteiger charge is 2.31. The topological polar surface area (TPSA) is 124 Å². The van der Waals surface area contributed by atoms with Crippen molar-refractivity contribution in [2.75, 3.05) is 26.4 Å². The molecule has 0 aliphatic rings. The maximum Gasteiger partial charge on any atom is 0.343 e. The van der Waals surface area contributed by atoms with Crippen molar-refractivity contribution in [3.8, 4) is 23.0 Å². The lowest BCUT2D eigenvalue weighted by atomic mass is 10.1. The minimum atomic E-state index is -2.06. The van der Waals surface area contributed by atoms with Crippen LogP contribution in [0.3, 0.4) is 0 Å². The van der Waals surface area contributed by atoms with E-state index in [-0.39, 0.29) is 11.1 Å². The maximum atomic E-state index is 14.9. The third-order valence-corrected chi connectivity index (χ3v) is 9.69. The van der Waals surface area contributed by atoms with Crippen molar-refractivity contribution in [2.24, 2.45) is 0 Å². The van der Waals surface area contributed by atoms with Crippen LogP contribution in [0.4, 0.5) is 17.6 Å². The number of esters is 4. The van der Waals surface area contributed by atoms with Crippen LogP contribution in [0.5, 0.6) is 23.0 Å². The molecule has 0 N–H and O–H groups in total. The van der Waals surface area contributed by atoms with Gasteiger partial charge in [-0.15, -0.1) is 0 Å². The molecule has 0 atom stereocenters. The van der Waals surface area contributed by atoms with E-state index in [2.05, 4.69) is 13.2 Å². The summed E-state index contributed by atoms with van der Waals surface area (Å²) in [4.78, 5) is 47.3. The molecule has 0 spiro atoms. The molecule has 0 amide bonds. The van der Waals surface area contributed by atoms with E-state index in [1.54, 1.807) is 0 Å². The van der Waals surface area contributed by atoms with Gasteiger partial charge in [-0.3, -0.25) is 0 Å². The van der Waals surface area contributed by atoms with Crippen LogP contribution >= 0.6 is 0 Å². The summed E-state index contributed by atoms with van der Waals surface area (Å²) in [7, 11) is 0. The zero-order valence-corrected chi connectivity index (χ0v) is 35.3. The molecular formula is C48H58F4O10. The number of unbranched alkanes of at least 4 members (excludes halogenated alkanes) is 16. The van der Waals surface area contributed by atoms with Crippen LogP contribution in [0.2, 0.25) is 0 Å². The fourth-order valence-corrected chi connectivity index (χ4v) is 6.17. The number of rotatable bonds is 32. The Morgan fingerprint density at radius 1 is 0.403 bits per heavy atom. The van der Waals surface area contributed by atoms with Crippen LogP contribution < -0.4 is 18.9 Å². The van der Waals surface area contributed by atoms with E-state index < -0.39 is 58.6 Å². The van der Waals surface area contributed by atoms with Gasteiger partial charge in [0.2, 0.25) is 34.8 Å². The number of halogens is 4. The van der Waals surface area contributed by atoms with Crippen molar-refractivity contribution in [3.63, 3.8) is 0 Å². The Labute approximate surface area is 361 Å². The summed E-state index contributed by atoms with van der Waals surface area (Å²) in [6.07, 6.45) is 20.5. The molecule has 62 heavy (non-hydrogen) atoms. The van der Waals surface area contributed by atoms with E-state index in [0.29, 0.717) is 37.9 Å². The van der Waals surface area contributed by atoms with E-state index in [0.717, 1.165) is 128 Å². The van der Waals surface area contributed by atoms with Gasteiger partial charge in [0.15, 0.2) is 0 Å². The van der Waals surface area contributed by atoms with Crippen LogP contribution in [0, 0.1) is 23.3 Å². The van der Waals surface area contributed by atoms with Crippen molar-refractivity contribution in [1.29, 1.82) is 0 Å². The van der Waals surface area contributed by atoms with Gasteiger partial charge in [-0.1, -0.05) is 103 Å². The van der Waals surface area contributed by atoms with Gasteiger partial charge in [0.25, 0.3) is 0 Å². The summed E-state index contributed by atoms with van der Waals surface area (Å²) in [5.41, 5.74) is -0.335. The Bertz CT molecular complexity index is 1700. The lowest BCUT2D eigenvalue weighted by Crippen LogP contribution is -2.16. The van der Waals surface area contributed by atoms with Crippen molar-refractivity contribution >= 4 is 23.9 Å². The molecule has 0 fully saturated rings. The summed E-state index contributed by atoms with van der Waals surface area (Å²) in [5.74, 6) is -14.0. The number of hydrogen-bond donors (Lipinski definition) is 0. The molecule has 3 aromatic rings. The van der Waals surface area contributed by atoms with Crippen LogP contribution in [0.15, 0.2) is 73.8 Å². The number of benzene rings is 3. The van der Waals surface area contributed by atoms with Gasteiger partial charge in [-0.2, -0.15) is 17.6 Å². The van der Waals surface area contributed by atoms with Gasteiger partial charge >= 0.3 is 23.9 Å². The number of carbonyl (C=O) groups excluding carboxylic acids is 4. The molecule has 0 saturated carbocycles. The lowest BCUT2D eigenvalue weighted by Gasteiger charge is -2.13. The minimum Gasteiger partial charge on any atom is -0.494 e. The highest BCUT2D eigenvalue weighted by molar-refractivity contribution is 5.92. The molecule has 0 aromatic heterocycles. The van der Waals surface area contributed by atoms with Gasteiger partial charge in [0.1, 0.15) is 11.5 Å². The van der Waals surface area contributed by atoms with Crippen LogP contribution in [0.25, 0.3) is 0 Å². The first kappa shape index (κ1) is 50.7. The Morgan fingerprint density at radius 3 is 0.935 bits per heavy atom. The van der Waals surface area contributed by atoms with E-state index in [9.17, 15) is 36.7 Å². The Hall–Kier alpha value is -5.66. The predicted octanol–water partition coefficient (Wildman–Crippen LogP) is 11.9. The molecule has 0 unspecified atom stereocenters. The number of ether oxygens (including phenoxy) is 6. The maximum absolute atomic E-state index is 14.9. The monoisotopic (exact) mass is 870 g/mol. The summed E-state index contributed by atoms with van der Waals surface area (Å²) < 4.78 is 90.5. The first-order valence-corrected chi connectivity index (χ1v) is 21.4. The Kier molecular flexibility index (Phi) is 24.2. The van der Waals surface area contributed by atoms with Crippen LogP contribution in [-0.2, 0) is 19.1 Å². The van der Waals surface area contributed by atoms with Crippen LogP contribution in [0.1, 0.15) is 136 Å². The third kappa shape index (κ3) is 18.9. The second-order valence-electron chi connectivity index (χ2n) is 14.5. The van der Waals surface area contributed by atoms with Gasteiger partial charge in [-0.25, -0.2) is 19.2 Å². The van der Waals surface area contributed by atoms with Gasteiger partial charge in [-0.05, 0) is 74.2 Å². The van der Waals surface area contributed by atoms with Crippen molar-refractivity contribution < 1.29 is 65.2 Å². The lowest BCUT2D eigenvalue weighted by molar-refractivity contribution is -0.138. The van der Waals surface area contributed by atoms with Crippen molar-refractivity contribution in [1.82, 2.24) is 0 Å². The molecule has 10 nitrogen and oxygen atoms in total. The zero-order chi connectivity index (χ0) is 45.0. The normalized spacial score (nSPS) is 10.8. The van der Waals surface area contributed by atoms with Gasteiger partial charge < -0.3 is 28.4 Å². The third-order valence-electron chi connectivity index (χ3n) is 9.69. The van der Waals surface area contributed by atoms with E-state index >= 15 is 0 Å². The highest BCUT2D eigenvalue weighted by atomic mass is 19.2. The second kappa shape index (κ2) is 29.6. The largest absolute Gasteiger partial charge is 0.494 e. The average Bonchev–Trinajstić information content (AvgIpc) is 3.29. The molecule has 0 heterocycles. The molecule has 0 aliphatic carbocycles. The second-order valence-corrected chi connectivity index (χ2v) is 14.5. The Balaban J connectivity index is 1.34. The molecule has 0 bridgehead atoms. The van der Waals surface area contributed by atoms with Crippen LogP contribution in [-0.4, -0.2) is 50.3 Å². The fourth-order valence-electron chi connectivity index (χ4n) is 6.17. The van der Waals surface area contributed by atoms with Crippen molar-refractivity contribution in [3.05, 3.63) is 108 Å². The molecule has 0 radical (unpaired) electrons. The number of carbonyl (C=O) groups is 4. The fraction of sp³-hybridized carbons (Fsp3) is 0.458. The minimum absolute atomic E-state index is 0.167. The molecule has 14 heteroatoms. The summed E-state index contributed by atoms with van der Waals surface area (Å²) in [5, 5.41) is 0. The molecule has 0 saturated heterocycles. The van der Waals surface area contributed by atoms with E-state index in [4.69, 9.17) is 28.4 Å². The number of hydrogen-bond acceptors (Lipinski definition) is 10. The summed E-state index contributed by atoms with van der Waals surface area (Å²) in [6.45, 7) is 8.42. The first-order chi connectivity index (χ1) is 30.0. The molecule has 3 aromatic carbocycles. The summed E-state index contributed by atoms with van der Waals surface area (Å²) in [6, 6.07) is 10.9. The quantitative estimate of drug-likeness (QED) is 0.0150. The standard InChI is InChI=1S/C48H58F4O10/c1-3-39(53)59-33-21-17-13-9-5-7-11-15-19-31-57-37-27-23-35(24-28-37)47(55)61-45-41(49)43(51)46(44(52)42(45)50)62-48(56)36-25-29-38(30-26-36)58-32-20-16-12-8-6-10-14-18-22-34-60-40(54)4-2/h3-4,23-30H,1-2,5-22,31-34H2. The average molecular weight is 871 g/mol. The van der Waals surface area contributed by atoms with Gasteiger partial charge in [0.05, 0.1) is 37.6 Å². The van der Waals surface area contributed by atoms with Gasteiger partial charge in [0, 0.05) is 12.2 Å². The highest BCUT2D eigenvalue weighted by Crippen LogP contribution is 2.35. The van der Waals surface area contributed by atoms with Crippen molar-refractivity contribution in [2.45, 2.75) is 116 Å².